The van der Waals surface area contributed by atoms with Crippen molar-refractivity contribution in [2.24, 2.45) is 0 Å². The van der Waals surface area contributed by atoms with E-state index in [0.717, 1.165) is 13.0 Å². The predicted molar refractivity (Wildman–Crippen MR) is 84.5 cm³/mol. The molecular weight excluding hydrogens is 268 g/mol. The number of nitrogens with one attached hydrogen (secondary N) is 1. The van der Waals surface area contributed by atoms with Crippen molar-refractivity contribution in [3.05, 3.63) is 0 Å². The number of nitrogens with zero attached hydrogens (tertiary/aromatic N) is 1. The van der Waals surface area contributed by atoms with Crippen LogP contribution < -0.4 is 5.32 Å². The maximum absolute atomic E-state index is 12.3. The van der Waals surface area contributed by atoms with Crippen LogP contribution in [-0.2, 0) is 9.47 Å². The highest BCUT2D eigenvalue weighted by atomic mass is 16.6. The minimum Gasteiger partial charge on any atom is -0.444 e. The molecule has 0 aromatic carbocycles. The SMILES string of the molecule is CCCCNC(C)CC1COCCN1C(=O)OC(C)(C)C. The topological polar surface area (TPSA) is 50.8 Å². The average molecular weight is 300 g/mol. The Balaban J connectivity index is 2.50. The second-order valence-corrected chi connectivity index (χ2v) is 6.85. The number of ether oxygens (including phenoxy) is 2. The van der Waals surface area contributed by atoms with Gasteiger partial charge < -0.3 is 19.7 Å². The molecule has 21 heavy (non-hydrogen) atoms. The van der Waals surface area contributed by atoms with Crippen LogP contribution in [0.1, 0.15) is 53.9 Å². The van der Waals surface area contributed by atoms with Gasteiger partial charge in [0.05, 0.1) is 19.3 Å². The predicted octanol–water partition coefficient (Wildman–Crippen LogP) is 2.79. The molecule has 0 aromatic rings. The van der Waals surface area contributed by atoms with E-state index in [1.807, 2.05) is 25.7 Å². The van der Waals surface area contributed by atoms with Crippen molar-refractivity contribution in [3.63, 3.8) is 0 Å². The van der Waals surface area contributed by atoms with Crippen LogP contribution in [0.25, 0.3) is 0 Å². The molecule has 124 valence electrons. The van der Waals surface area contributed by atoms with Crippen molar-refractivity contribution >= 4 is 6.09 Å². The quantitative estimate of drug-likeness (QED) is 0.766. The van der Waals surface area contributed by atoms with Gasteiger partial charge in [-0.1, -0.05) is 13.3 Å². The third-order valence-corrected chi connectivity index (χ3v) is 3.50. The maximum Gasteiger partial charge on any atom is 0.410 e. The second-order valence-electron chi connectivity index (χ2n) is 6.85. The summed E-state index contributed by atoms with van der Waals surface area (Å²) in [4.78, 5) is 14.1. The van der Waals surface area contributed by atoms with Gasteiger partial charge >= 0.3 is 6.09 Å². The fourth-order valence-electron chi connectivity index (χ4n) is 2.43. The molecule has 0 radical (unpaired) electrons. The van der Waals surface area contributed by atoms with Gasteiger partial charge in [-0.05, 0) is 47.1 Å². The Morgan fingerprint density at radius 1 is 1.48 bits per heavy atom. The van der Waals surface area contributed by atoms with Gasteiger partial charge in [-0.15, -0.1) is 0 Å². The van der Waals surface area contributed by atoms with Gasteiger partial charge in [-0.3, -0.25) is 0 Å². The van der Waals surface area contributed by atoms with E-state index in [0.29, 0.717) is 25.8 Å². The molecule has 1 amide bonds. The van der Waals surface area contributed by atoms with E-state index in [1.54, 1.807) is 0 Å². The van der Waals surface area contributed by atoms with E-state index < -0.39 is 5.60 Å². The molecule has 0 saturated carbocycles. The first-order valence-electron chi connectivity index (χ1n) is 8.14. The van der Waals surface area contributed by atoms with Gasteiger partial charge in [0.2, 0.25) is 0 Å². The third kappa shape index (κ3) is 7.14. The van der Waals surface area contributed by atoms with Gasteiger partial charge in [0.15, 0.2) is 0 Å². The number of amides is 1. The molecule has 0 bridgehead atoms. The molecule has 5 nitrogen and oxygen atoms in total. The molecule has 0 aromatic heterocycles. The largest absolute Gasteiger partial charge is 0.444 e. The minimum atomic E-state index is -0.453. The van der Waals surface area contributed by atoms with Gasteiger partial charge in [-0.2, -0.15) is 0 Å². The summed E-state index contributed by atoms with van der Waals surface area (Å²) in [6.07, 6.45) is 3.04. The first-order valence-corrected chi connectivity index (χ1v) is 8.14. The average Bonchev–Trinajstić information content (AvgIpc) is 2.37. The van der Waals surface area contributed by atoms with Crippen LogP contribution in [0.3, 0.4) is 0 Å². The Hall–Kier alpha value is -0.810. The molecule has 1 N–H and O–H groups in total. The third-order valence-electron chi connectivity index (χ3n) is 3.50. The molecule has 0 spiro atoms. The molecule has 1 saturated heterocycles. The Bertz CT molecular complexity index is 315. The lowest BCUT2D eigenvalue weighted by atomic mass is 10.1. The number of rotatable bonds is 6. The molecule has 1 heterocycles. The van der Waals surface area contributed by atoms with E-state index in [-0.39, 0.29) is 12.1 Å². The lowest BCUT2D eigenvalue weighted by molar-refractivity contribution is -0.0355. The van der Waals surface area contributed by atoms with Crippen molar-refractivity contribution in [3.8, 4) is 0 Å². The lowest BCUT2D eigenvalue weighted by Crippen LogP contribution is -2.52. The molecule has 1 aliphatic rings. The fraction of sp³-hybridized carbons (Fsp3) is 0.938. The summed E-state index contributed by atoms with van der Waals surface area (Å²) in [7, 11) is 0. The van der Waals surface area contributed by atoms with E-state index in [4.69, 9.17) is 9.47 Å². The van der Waals surface area contributed by atoms with Crippen LogP contribution in [-0.4, -0.2) is 55.0 Å². The minimum absolute atomic E-state index is 0.0951. The van der Waals surface area contributed by atoms with Gasteiger partial charge in [0.1, 0.15) is 5.60 Å². The van der Waals surface area contributed by atoms with Gasteiger partial charge in [-0.25, -0.2) is 4.79 Å². The first-order chi connectivity index (χ1) is 9.83. The van der Waals surface area contributed by atoms with Gasteiger partial charge in [0, 0.05) is 12.6 Å². The van der Waals surface area contributed by atoms with Crippen LogP contribution in [0.5, 0.6) is 0 Å². The molecule has 1 aliphatic heterocycles. The van der Waals surface area contributed by atoms with E-state index in [9.17, 15) is 4.79 Å². The zero-order chi connectivity index (χ0) is 15.9. The molecule has 0 aliphatic carbocycles. The van der Waals surface area contributed by atoms with Crippen LogP contribution in [0.2, 0.25) is 0 Å². The fourth-order valence-corrected chi connectivity index (χ4v) is 2.43. The number of morpholine rings is 1. The molecular formula is C16H32N2O3. The van der Waals surface area contributed by atoms with Crippen molar-refractivity contribution < 1.29 is 14.3 Å². The molecule has 5 heteroatoms. The molecule has 1 rings (SSSR count). The number of unbranched alkanes of at least 4 members (excludes halogenated alkanes) is 1. The number of hydrogen-bond donors (Lipinski definition) is 1. The zero-order valence-corrected chi connectivity index (χ0v) is 14.3. The van der Waals surface area contributed by atoms with Crippen molar-refractivity contribution in [2.45, 2.75) is 71.6 Å². The summed E-state index contributed by atoms with van der Waals surface area (Å²) in [5.41, 5.74) is -0.453. The standard InChI is InChI=1S/C16H32N2O3/c1-6-7-8-17-13(2)11-14-12-20-10-9-18(14)15(19)21-16(3,4)5/h13-14,17H,6-12H2,1-5H3. The highest BCUT2D eigenvalue weighted by Gasteiger charge is 2.31. The molecule has 2 atom stereocenters. The smallest absolute Gasteiger partial charge is 0.410 e. The number of carbonyl (C=O) groups is 1. The van der Waals surface area contributed by atoms with E-state index in [2.05, 4.69) is 19.2 Å². The van der Waals surface area contributed by atoms with E-state index in [1.165, 1.54) is 12.8 Å². The number of hydrogen-bond acceptors (Lipinski definition) is 4. The summed E-state index contributed by atoms with van der Waals surface area (Å²) in [5, 5.41) is 3.50. The summed E-state index contributed by atoms with van der Waals surface area (Å²) in [6.45, 7) is 12.9. The molecule has 1 fully saturated rings. The Morgan fingerprint density at radius 3 is 2.81 bits per heavy atom. The summed E-state index contributed by atoms with van der Waals surface area (Å²) < 4.78 is 11.0. The highest BCUT2D eigenvalue weighted by molar-refractivity contribution is 5.68. The number of carbonyl (C=O) groups excluding carboxylic acids is 1. The van der Waals surface area contributed by atoms with Crippen molar-refractivity contribution in [1.82, 2.24) is 10.2 Å². The Labute approximate surface area is 129 Å². The first kappa shape index (κ1) is 18.2. The second kappa shape index (κ2) is 8.59. The molecule has 2 unspecified atom stereocenters. The van der Waals surface area contributed by atoms with Gasteiger partial charge in [0.25, 0.3) is 0 Å². The lowest BCUT2D eigenvalue weighted by Gasteiger charge is -2.37. The summed E-state index contributed by atoms with van der Waals surface area (Å²) >= 11 is 0. The summed E-state index contributed by atoms with van der Waals surface area (Å²) in [5.74, 6) is 0. The van der Waals surface area contributed by atoms with Crippen LogP contribution in [0.15, 0.2) is 0 Å². The Kier molecular flexibility index (Phi) is 7.46. The normalized spacial score (nSPS) is 21.2. The monoisotopic (exact) mass is 300 g/mol. The van der Waals surface area contributed by atoms with Crippen LogP contribution in [0.4, 0.5) is 4.79 Å². The zero-order valence-electron chi connectivity index (χ0n) is 14.3. The van der Waals surface area contributed by atoms with Crippen molar-refractivity contribution in [1.29, 1.82) is 0 Å². The highest BCUT2D eigenvalue weighted by Crippen LogP contribution is 2.17. The Morgan fingerprint density at radius 2 is 2.19 bits per heavy atom. The van der Waals surface area contributed by atoms with E-state index >= 15 is 0 Å². The maximum atomic E-state index is 12.3. The van der Waals surface area contributed by atoms with Crippen LogP contribution in [0, 0.1) is 0 Å². The van der Waals surface area contributed by atoms with Crippen LogP contribution >= 0.6 is 0 Å². The summed E-state index contributed by atoms with van der Waals surface area (Å²) in [6, 6.07) is 0.464. The van der Waals surface area contributed by atoms with Crippen molar-refractivity contribution in [2.75, 3.05) is 26.3 Å².